The van der Waals surface area contributed by atoms with Gasteiger partial charge in [-0.3, -0.25) is 24.0 Å². The van der Waals surface area contributed by atoms with Gasteiger partial charge in [0.15, 0.2) is 0 Å². The number of carbonyl (C=O) groups excluding carboxylic acids is 4. The number of carboxylic acid groups (broad SMARTS) is 1. The van der Waals surface area contributed by atoms with E-state index in [2.05, 4.69) is 5.32 Å². The molecule has 0 saturated carbocycles. The molecule has 4 amide bonds. The van der Waals surface area contributed by atoms with Gasteiger partial charge in [-0.05, 0) is 30.2 Å². The number of ether oxygens (including phenoxy) is 1. The van der Waals surface area contributed by atoms with Crippen molar-refractivity contribution < 1.29 is 44.0 Å². The van der Waals surface area contributed by atoms with Gasteiger partial charge in [-0.15, -0.1) is 0 Å². The molecule has 13 nitrogen and oxygen atoms in total. The fourth-order valence-electron chi connectivity index (χ4n) is 3.50. The van der Waals surface area contributed by atoms with Crippen LogP contribution in [0, 0.1) is 5.92 Å². The number of aliphatic carboxylic acids is 1. The van der Waals surface area contributed by atoms with Crippen LogP contribution in [0.4, 0.5) is 0 Å². The minimum Gasteiger partial charge on any atom is -0.497 e. The lowest BCUT2D eigenvalue weighted by Gasteiger charge is -2.30. The first kappa shape index (κ1) is 32.3. The zero-order valence-electron chi connectivity index (χ0n) is 22.1. The van der Waals surface area contributed by atoms with Gasteiger partial charge in [0.05, 0.1) is 26.9 Å². The molecule has 1 aromatic rings. The molecule has 0 atom stereocenters. The molecule has 0 aliphatic rings. The Kier molecular flexibility index (Phi) is 14.4. The molecule has 212 valence electrons. The number of carbonyl (C=O) groups is 5. The van der Waals surface area contributed by atoms with E-state index >= 15 is 0 Å². The summed E-state index contributed by atoms with van der Waals surface area (Å²) in [5.41, 5.74) is 0.360. The van der Waals surface area contributed by atoms with Crippen molar-refractivity contribution in [3.8, 4) is 5.75 Å². The van der Waals surface area contributed by atoms with E-state index in [0.29, 0.717) is 11.3 Å². The zero-order chi connectivity index (χ0) is 28.7. The number of aliphatic hydroxyl groups is 2. The number of benzene rings is 1. The summed E-state index contributed by atoms with van der Waals surface area (Å²) in [4.78, 5) is 65.3. The van der Waals surface area contributed by atoms with Gasteiger partial charge in [0, 0.05) is 38.2 Å². The largest absolute Gasteiger partial charge is 0.497 e. The Labute approximate surface area is 221 Å². The molecule has 0 aliphatic heterocycles. The summed E-state index contributed by atoms with van der Waals surface area (Å²) in [7, 11) is 1.51. The molecular weight excluding hydrogens is 500 g/mol. The molecule has 1 rings (SSSR count). The molecule has 0 heterocycles. The number of hydrogen-bond acceptors (Lipinski definition) is 8. The highest BCUT2D eigenvalue weighted by molar-refractivity contribution is 5.97. The standard InChI is InChI=1S/C25H38N4O9/c1-18(2)15-29(25(37)19-4-6-20(38-3)7-5-19)17-23(34)28(11-13-31)16-22(33)27(10-12-30)9-8-21(32)26-14-24(35)36/h4-7,18,30-31H,8-17H2,1-3H3,(H,26,32)(H,35,36). The van der Waals surface area contributed by atoms with Crippen molar-refractivity contribution in [3.05, 3.63) is 29.8 Å². The van der Waals surface area contributed by atoms with Crippen LogP contribution in [0.25, 0.3) is 0 Å². The highest BCUT2D eigenvalue weighted by atomic mass is 16.5. The molecule has 38 heavy (non-hydrogen) atoms. The van der Waals surface area contributed by atoms with Gasteiger partial charge in [-0.25, -0.2) is 0 Å². The molecule has 0 spiro atoms. The van der Waals surface area contributed by atoms with Gasteiger partial charge in [-0.1, -0.05) is 13.8 Å². The molecule has 0 fully saturated rings. The lowest BCUT2D eigenvalue weighted by Crippen LogP contribution is -2.49. The van der Waals surface area contributed by atoms with Gasteiger partial charge in [0.2, 0.25) is 17.7 Å². The Morgan fingerprint density at radius 2 is 1.42 bits per heavy atom. The summed E-state index contributed by atoms with van der Waals surface area (Å²) in [5.74, 6) is -2.69. The first-order valence-electron chi connectivity index (χ1n) is 12.2. The number of carboxylic acids is 1. The number of nitrogens with zero attached hydrogens (tertiary/aromatic N) is 3. The highest BCUT2D eigenvalue weighted by Crippen LogP contribution is 2.14. The maximum atomic E-state index is 13.2. The van der Waals surface area contributed by atoms with Crippen molar-refractivity contribution in [2.75, 3.05) is 66.1 Å². The molecule has 0 bridgehead atoms. The number of hydrogen-bond donors (Lipinski definition) is 4. The molecule has 1 aromatic carbocycles. The minimum absolute atomic E-state index is 0.0465. The Bertz CT molecular complexity index is 937. The normalized spacial score (nSPS) is 10.6. The van der Waals surface area contributed by atoms with Crippen molar-refractivity contribution in [3.63, 3.8) is 0 Å². The summed E-state index contributed by atoms with van der Waals surface area (Å²) >= 11 is 0. The van der Waals surface area contributed by atoms with E-state index in [4.69, 9.17) is 9.84 Å². The SMILES string of the molecule is COc1ccc(C(=O)N(CC(=O)N(CCO)CC(=O)N(CCO)CCC(=O)NCC(=O)O)CC(C)C)cc1. The number of rotatable bonds is 17. The maximum Gasteiger partial charge on any atom is 0.322 e. The number of aliphatic hydroxyl groups excluding tert-OH is 2. The van der Waals surface area contributed by atoms with E-state index in [1.165, 1.54) is 16.9 Å². The lowest BCUT2D eigenvalue weighted by molar-refractivity contribution is -0.142. The monoisotopic (exact) mass is 538 g/mol. The van der Waals surface area contributed by atoms with E-state index in [1.54, 1.807) is 24.3 Å². The predicted octanol–water partition coefficient (Wildman–Crippen LogP) is -0.974. The Hall–Kier alpha value is -3.71. The number of amides is 4. The van der Waals surface area contributed by atoms with Crippen molar-refractivity contribution in [1.29, 1.82) is 0 Å². The van der Waals surface area contributed by atoms with Crippen LogP contribution in [0.2, 0.25) is 0 Å². The first-order valence-corrected chi connectivity index (χ1v) is 12.2. The smallest absolute Gasteiger partial charge is 0.322 e. The van der Waals surface area contributed by atoms with Crippen LogP contribution >= 0.6 is 0 Å². The number of methoxy groups -OCH3 is 1. The Balaban J connectivity index is 2.93. The molecular formula is C25H38N4O9. The first-order chi connectivity index (χ1) is 18.0. The van der Waals surface area contributed by atoms with E-state index in [0.717, 1.165) is 4.90 Å². The Morgan fingerprint density at radius 1 is 0.868 bits per heavy atom. The summed E-state index contributed by atoms with van der Waals surface area (Å²) in [6, 6.07) is 6.45. The highest BCUT2D eigenvalue weighted by Gasteiger charge is 2.26. The van der Waals surface area contributed by atoms with Crippen LogP contribution in [0.1, 0.15) is 30.6 Å². The van der Waals surface area contributed by atoms with Gasteiger partial charge in [0.1, 0.15) is 18.8 Å². The molecule has 4 N–H and O–H groups in total. The molecule has 0 saturated heterocycles. The maximum absolute atomic E-state index is 13.2. The third-order valence-electron chi connectivity index (χ3n) is 5.35. The van der Waals surface area contributed by atoms with Gasteiger partial charge < -0.3 is 40.1 Å². The number of nitrogens with one attached hydrogen (secondary N) is 1. The van der Waals surface area contributed by atoms with Crippen LogP contribution in [0.5, 0.6) is 5.75 Å². The van der Waals surface area contributed by atoms with Crippen molar-refractivity contribution in [2.45, 2.75) is 20.3 Å². The van der Waals surface area contributed by atoms with E-state index in [-0.39, 0.29) is 51.0 Å². The van der Waals surface area contributed by atoms with Gasteiger partial charge in [0.25, 0.3) is 5.91 Å². The second-order valence-corrected chi connectivity index (χ2v) is 8.87. The van der Waals surface area contributed by atoms with Crippen molar-refractivity contribution in [1.82, 2.24) is 20.0 Å². The second kappa shape index (κ2) is 16.9. The summed E-state index contributed by atoms with van der Waals surface area (Å²) < 4.78 is 5.12. The second-order valence-electron chi connectivity index (χ2n) is 8.87. The summed E-state index contributed by atoms with van der Waals surface area (Å²) in [6.07, 6.45) is -0.203. The van der Waals surface area contributed by atoms with E-state index in [9.17, 15) is 34.2 Å². The van der Waals surface area contributed by atoms with Crippen LogP contribution in [0.3, 0.4) is 0 Å². The van der Waals surface area contributed by atoms with Crippen molar-refractivity contribution >= 4 is 29.6 Å². The third-order valence-corrected chi connectivity index (χ3v) is 5.35. The molecule has 0 aromatic heterocycles. The van der Waals surface area contributed by atoms with Gasteiger partial charge >= 0.3 is 5.97 Å². The third kappa shape index (κ3) is 11.6. The average Bonchev–Trinajstić information content (AvgIpc) is 2.88. The lowest BCUT2D eigenvalue weighted by atomic mass is 10.1. The molecule has 13 heteroatoms. The van der Waals surface area contributed by atoms with Crippen LogP contribution < -0.4 is 10.1 Å². The van der Waals surface area contributed by atoms with Crippen molar-refractivity contribution in [2.24, 2.45) is 5.92 Å². The summed E-state index contributed by atoms with van der Waals surface area (Å²) in [6.45, 7) is 1.54. The fraction of sp³-hybridized carbons (Fsp3) is 0.560. The van der Waals surface area contributed by atoms with E-state index in [1.807, 2.05) is 13.8 Å². The zero-order valence-corrected chi connectivity index (χ0v) is 22.1. The quantitative estimate of drug-likeness (QED) is 0.194. The summed E-state index contributed by atoms with van der Waals surface area (Å²) in [5, 5.41) is 29.6. The fourth-order valence-corrected chi connectivity index (χ4v) is 3.50. The van der Waals surface area contributed by atoms with Gasteiger partial charge in [-0.2, -0.15) is 0 Å². The van der Waals surface area contributed by atoms with E-state index < -0.39 is 50.0 Å². The topological polar surface area (TPSA) is 177 Å². The van der Waals surface area contributed by atoms with Crippen LogP contribution in [0.15, 0.2) is 24.3 Å². The molecule has 0 radical (unpaired) electrons. The Morgan fingerprint density at radius 3 is 1.95 bits per heavy atom. The molecule has 0 aliphatic carbocycles. The van der Waals surface area contributed by atoms with Crippen LogP contribution in [-0.2, 0) is 19.2 Å². The van der Waals surface area contributed by atoms with Crippen LogP contribution in [-0.4, -0.2) is 126 Å². The average molecular weight is 539 g/mol. The molecule has 0 unspecified atom stereocenters. The minimum atomic E-state index is -1.21. The predicted molar refractivity (Wildman–Crippen MR) is 136 cm³/mol.